The maximum absolute atomic E-state index is 13.3. The minimum Gasteiger partial charge on any atom is -0.479 e. The zero-order valence-electron chi connectivity index (χ0n) is 20.8. The fourth-order valence-electron chi connectivity index (χ4n) is 4.87. The molecule has 2 amide bonds. The number of benzene rings is 2. The highest BCUT2D eigenvalue weighted by Crippen LogP contribution is 2.44. The lowest BCUT2D eigenvalue weighted by molar-refractivity contribution is -0.151. The molecule has 1 unspecified atom stereocenters. The highest BCUT2D eigenvalue weighted by atomic mass is 16.5. The number of aliphatic carboxylic acids is 1. The summed E-state index contributed by atoms with van der Waals surface area (Å²) >= 11 is 0. The molecule has 2 aliphatic rings. The van der Waals surface area contributed by atoms with Crippen LogP contribution >= 0.6 is 0 Å². The van der Waals surface area contributed by atoms with Crippen molar-refractivity contribution in [3.63, 3.8) is 0 Å². The van der Waals surface area contributed by atoms with Crippen molar-refractivity contribution >= 4 is 18.0 Å². The zero-order chi connectivity index (χ0) is 25.4. The van der Waals surface area contributed by atoms with Crippen LogP contribution in [-0.4, -0.2) is 53.2 Å². The Kier molecular flexibility index (Phi) is 6.62. The van der Waals surface area contributed by atoms with Gasteiger partial charge < -0.3 is 20.1 Å². The van der Waals surface area contributed by atoms with Crippen molar-refractivity contribution in [1.82, 2.24) is 10.2 Å². The van der Waals surface area contributed by atoms with Crippen molar-refractivity contribution in [3.05, 3.63) is 59.7 Å². The molecule has 186 valence electrons. The van der Waals surface area contributed by atoms with Crippen LogP contribution in [0.3, 0.4) is 0 Å². The van der Waals surface area contributed by atoms with Crippen LogP contribution in [0.1, 0.15) is 63.5 Å². The summed E-state index contributed by atoms with van der Waals surface area (Å²) in [5.74, 6) is -1.49. The Labute approximate surface area is 206 Å². The molecular formula is C28H34N2O5. The van der Waals surface area contributed by atoms with Crippen LogP contribution in [0.5, 0.6) is 0 Å². The summed E-state index contributed by atoms with van der Waals surface area (Å²) in [4.78, 5) is 39.2. The van der Waals surface area contributed by atoms with Crippen LogP contribution in [0.15, 0.2) is 48.5 Å². The van der Waals surface area contributed by atoms with E-state index < -0.39 is 29.6 Å². The molecule has 0 heterocycles. The van der Waals surface area contributed by atoms with Gasteiger partial charge in [-0.15, -0.1) is 0 Å². The fourth-order valence-corrected chi connectivity index (χ4v) is 4.87. The summed E-state index contributed by atoms with van der Waals surface area (Å²) < 4.78 is 5.64. The van der Waals surface area contributed by atoms with Gasteiger partial charge in [0, 0.05) is 13.0 Å². The molecular weight excluding hydrogens is 444 g/mol. The number of nitrogens with one attached hydrogen (secondary N) is 1. The number of carboxylic acid groups (broad SMARTS) is 1. The molecule has 2 aromatic carbocycles. The third-order valence-electron chi connectivity index (χ3n) is 7.21. The van der Waals surface area contributed by atoms with Gasteiger partial charge >= 0.3 is 12.1 Å². The van der Waals surface area contributed by atoms with Crippen LogP contribution in [0, 0.1) is 5.41 Å². The van der Waals surface area contributed by atoms with Gasteiger partial charge in [-0.1, -0.05) is 69.3 Å². The number of nitrogens with zero attached hydrogens (tertiary/aromatic N) is 1. The summed E-state index contributed by atoms with van der Waals surface area (Å²) in [7, 11) is 1.51. The highest BCUT2D eigenvalue weighted by Gasteiger charge is 2.56. The number of ether oxygens (including phenoxy) is 1. The average Bonchev–Trinajstić information content (AvgIpc) is 3.57. The Morgan fingerprint density at radius 1 is 1.06 bits per heavy atom. The van der Waals surface area contributed by atoms with E-state index in [2.05, 4.69) is 38.2 Å². The SMILES string of the molecule is CN(C(=O)C(CCC(C)(C)C)NC(=O)OCC1c2ccccc2-c2ccccc21)C1(C(=O)O)CC1. The van der Waals surface area contributed by atoms with Crippen LogP contribution in [-0.2, 0) is 14.3 Å². The Balaban J connectivity index is 1.45. The molecule has 1 atom stereocenters. The number of hydrogen-bond acceptors (Lipinski definition) is 4. The third kappa shape index (κ3) is 5.04. The van der Waals surface area contributed by atoms with Crippen molar-refractivity contribution in [2.75, 3.05) is 13.7 Å². The first kappa shape index (κ1) is 24.8. The molecule has 0 spiro atoms. The van der Waals surface area contributed by atoms with E-state index in [1.54, 1.807) is 0 Å². The molecule has 0 saturated heterocycles. The molecule has 2 aliphatic carbocycles. The summed E-state index contributed by atoms with van der Waals surface area (Å²) in [6.45, 7) is 6.33. The number of fused-ring (bicyclic) bond motifs is 3. The molecule has 7 heteroatoms. The van der Waals surface area contributed by atoms with E-state index in [0.29, 0.717) is 25.7 Å². The Morgan fingerprint density at radius 3 is 2.09 bits per heavy atom. The van der Waals surface area contributed by atoms with Gasteiger partial charge in [0.25, 0.3) is 0 Å². The topological polar surface area (TPSA) is 95.9 Å². The van der Waals surface area contributed by atoms with Gasteiger partial charge in [0.1, 0.15) is 18.2 Å². The van der Waals surface area contributed by atoms with Gasteiger partial charge in [0.15, 0.2) is 0 Å². The Hall–Kier alpha value is -3.35. The maximum Gasteiger partial charge on any atom is 0.407 e. The molecule has 2 aromatic rings. The normalized spacial score (nSPS) is 16.6. The van der Waals surface area contributed by atoms with Crippen LogP contribution in [0.4, 0.5) is 4.79 Å². The monoisotopic (exact) mass is 478 g/mol. The van der Waals surface area contributed by atoms with E-state index in [4.69, 9.17) is 4.74 Å². The number of rotatable bonds is 8. The van der Waals surface area contributed by atoms with Gasteiger partial charge in [0.05, 0.1) is 0 Å². The van der Waals surface area contributed by atoms with Gasteiger partial charge in [-0.05, 0) is 53.4 Å². The lowest BCUT2D eigenvalue weighted by Crippen LogP contribution is -2.53. The number of likely N-dealkylation sites (N-methyl/N-ethyl adjacent to an activating group) is 1. The smallest absolute Gasteiger partial charge is 0.407 e. The van der Waals surface area contributed by atoms with Crippen LogP contribution < -0.4 is 5.32 Å². The molecule has 0 radical (unpaired) electrons. The van der Waals surface area contributed by atoms with Gasteiger partial charge in [-0.25, -0.2) is 9.59 Å². The third-order valence-corrected chi connectivity index (χ3v) is 7.21. The van der Waals surface area contributed by atoms with Crippen molar-refractivity contribution in [1.29, 1.82) is 0 Å². The number of carboxylic acids is 1. The largest absolute Gasteiger partial charge is 0.479 e. The van der Waals surface area contributed by atoms with Crippen molar-refractivity contribution in [2.45, 2.75) is 64.0 Å². The first-order valence-electron chi connectivity index (χ1n) is 12.2. The van der Waals surface area contributed by atoms with E-state index in [1.807, 2.05) is 36.4 Å². The molecule has 4 rings (SSSR count). The van der Waals surface area contributed by atoms with Gasteiger partial charge in [-0.3, -0.25) is 4.79 Å². The average molecular weight is 479 g/mol. The number of hydrogen-bond donors (Lipinski definition) is 2. The number of amides is 2. The lowest BCUT2D eigenvalue weighted by atomic mass is 9.88. The van der Waals surface area contributed by atoms with Crippen molar-refractivity contribution in [2.24, 2.45) is 5.41 Å². The summed E-state index contributed by atoms with van der Waals surface area (Å²) in [5.41, 5.74) is 3.28. The predicted octanol–water partition coefficient (Wildman–Crippen LogP) is 4.80. The number of carbonyl (C=O) groups is 3. The van der Waals surface area contributed by atoms with E-state index in [0.717, 1.165) is 22.3 Å². The number of alkyl carbamates (subject to hydrolysis) is 1. The number of carbonyl (C=O) groups excluding carboxylic acids is 2. The minimum atomic E-state index is -1.17. The highest BCUT2D eigenvalue weighted by molar-refractivity contribution is 5.93. The first-order chi connectivity index (χ1) is 16.5. The second-order valence-electron chi connectivity index (χ2n) is 10.9. The summed E-state index contributed by atoms with van der Waals surface area (Å²) in [6, 6.07) is 15.3. The van der Waals surface area contributed by atoms with E-state index >= 15 is 0 Å². The lowest BCUT2D eigenvalue weighted by Gasteiger charge is -2.30. The summed E-state index contributed by atoms with van der Waals surface area (Å²) in [6.07, 6.45) is 1.24. The van der Waals surface area contributed by atoms with Crippen molar-refractivity contribution in [3.8, 4) is 11.1 Å². The van der Waals surface area contributed by atoms with E-state index in [9.17, 15) is 19.5 Å². The molecule has 2 N–H and O–H groups in total. The fraction of sp³-hybridized carbons (Fsp3) is 0.464. The zero-order valence-corrected chi connectivity index (χ0v) is 20.8. The minimum absolute atomic E-state index is 0.0516. The van der Waals surface area contributed by atoms with Gasteiger partial charge in [-0.2, -0.15) is 0 Å². The first-order valence-corrected chi connectivity index (χ1v) is 12.2. The molecule has 0 bridgehead atoms. The van der Waals surface area contributed by atoms with Crippen LogP contribution in [0.2, 0.25) is 0 Å². The standard InChI is InChI=1S/C28H34N2O5/c1-27(2,3)14-13-23(24(31)30(4)28(15-16-28)25(32)33)29-26(34)35-17-22-20-11-7-5-9-18(20)19-10-6-8-12-21(19)22/h5-12,22-23H,13-17H2,1-4H3,(H,29,34)(H,32,33). The maximum atomic E-state index is 13.3. The summed E-state index contributed by atoms with van der Waals surface area (Å²) in [5, 5.41) is 12.3. The second kappa shape index (κ2) is 9.36. The molecule has 1 saturated carbocycles. The quantitative estimate of drug-likeness (QED) is 0.568. The van der Waals surface area contributed by atoms with E-state index in [-0.39, 0.29) is 17.9 Å². The predicted molar refractivity (Wildman–Crippen MR) is 133 cm³/mol. The Morgan fingerprint density at radius 2 is 1.60 bits per heavy atom. The van der Waals surface area contributed by atoms with Crippen molar-refractivity contribution < 1.29 is 24.2 Å². The van der Waals surface area contributed by atoms with Crippen LogP contribution in [0.25, 0.3) is 11.1 Å². The molecule has 35 heavy (non-hydrogen) atoms. The van der Waals surface area contributed by atoms with Gasteiger partial charge in [0.2, 0.25) is 5.91 Å². The molecule has 0 aromatic heterocycles. The molecule has 7 nitrogen and oxygen atoms in total. The molecule has 0 aliphatic heterocycles. The Bertz CT molecular complexity index is 1090. The second-order valence-corrected chi connectivity index (χ2v) is 10.9. The van der Waals surface area contributed by atoms with E-state index in [1.165, 1.54) is 11.9 Å². The molecule has 1 fully saturated rings.